The largest absolute Gasteiger partial charge is 0.356 e. The quantitative estimate of drug-likeness (QED) is 0.0565. The van der Waals surface area contributed by atoms with Crippen LogP contribution >= 0.6 is 34.8 Å². The van der Waals surface area contributed by atoms with Crippen LogP contribution in [0.4, 0.5) is 13.2 Å². The molecule has 2 N–H and O–H groups in total. The lowest BCUT2D eigenvalue weighted by atomic mass is 10.00. The van der Waals surface area contributed by atoms with Crippen molar-refractivity contribution in [2.45, 2.75) is 65.1 Å². The van der Waals surface area contributed by atoms with Gasteiger partial charge in [0.05, 0.1) is 60.1 Å². The summed E-state index contributed by atoms with van der Waals surface area (Å²) < 4.78 is 72.8. The van der Waals surface area contributed by atoms with E-state index in [1.54, 1.807) is 119 Å². The molecule has 0 spiro atoms. The maximum absolute atomic E-state index is 14.5. The minimum absolute atomic E-state index is 0.0183. The Kier molecular flexibility index (Phi) is 21.2. The molecule has 3 aromatic heterocycles. The van der Waals surface area contributed by atoms with Gasteiger partial charge in [0.15, 0.2) is 17.5 Å². The van der Waals surface area contributed by atoms with Gasteiger partial charge in [-0.1, -0.05) is 71.2 Å². The summed E-state index contributed by atoms with van der Waals surface area (Å²) in [5, 5.41) is 17.3. The number of amides is 1. The first-order valence-corrected chi connectivity index (χ1v) is 32.2. The molecule has 0 aliphatic carbocycles. The Morgan fingerprint density at radius 2 is 0.828 bits per heavy atom. The summed E-state index contributed by atoms with van der Waals surface area (Å²) in [7, 11) is 0.624. The van der Waals surface area contributed by atoms with E-state index in [4.69, 9.17) is 34.8 Å². The van der Waals surface area contributed by atoms with Crippen molar-refractivity contribution in [1.82, 2.24) is 59.2 Å². The Morgan fingerprint density at radius 3 is 1.15 bits per heavy atom. The van der Waals surface area contributed by atoms with Gasteiger partial charge < -0.3 is 10.2 Å². The Morgan fingerprint density at radius 1 is 0.495 bits per heavy atom. The van der Waals surface area contributed by atoms with Gasteiger partial charge in [-0.2, -0.15) is 0 Å². The van der Waals surface area contributed by atoms with E-state index in [1.807, 2.05) is 19.0 Å². The van der Waals surface area contributed by atoms with E-state index >= 15 is 0 Å². The molecular formula is C65H59Cl3F3N15O6S. The highest BCUT2D eigenvalue weighted by molar-refractivity contribution is 7.88. The number of nitrogens with one attached hydrogen (secondary N) is 2. The molecule has 6 aromatic carbocycles. The van der Waals surface area contributed by atoms with Crippen LogP contribution in [0.2, 0.25) is 15.1 Å². The van der Waals surface area contributed by atoms with E-state index < -0.39 is 21.7 Å². The first-order chi connectivity index (χ1) is 44.6. The zero-order valence-corrected chi connectivity index (χ0v) is 53.6. The van der Waals surface area contributed by atoms with Crippen LogP contribution in [0.3, 0.4) is 0 Å². The summed E-state index contributed by atoms with van der Waals surface area (Å²) in [6.45, 7) is 3.19. The van der Waals surface area contributed by atoms with Crippen molar-refractivity contribution in [3.05, 3.63) is 228 Å². The molecule has 12 rings (SSSR count). The topological polar surface area (TPSA) is 259 Å². The number of nitrogens with zero attached hydrogens (tertiary/aromatic N) is 13. The van der Waals surface area contributed by atoms with E-state index in [0.29, 0.717) is 126 Å². The normalized spacial score (nSPS) is 12.8. The van der Waals surface area contributed by atoms with Gasteiger partial charge >= 0.3 is 0 Å². The third-order valence-corrected chi connectivity index (χ3v) is 16.0. The molecule has 0 atom stereocenters. The van der Waals surface area contributed by atoms with E-state index in [1.165, 1.54) is 29.8 Å². The number of aliphatic imine (C=N–C) groups is 3. The fraction of sp³-hybridized carbons (Fsp3) is 0.246. The van der Waals surface area contributed by atoms with Crippen molar-refractivity contribution in [3.8, 4) is 17.1 Å². The number of sulfonamides is 1. The van der Waals surface area contributed by atoms with Crippen LogP contribution in [0, 0.1) is 17.5 Å². The highest BCUT2D eigenvalue weighted by Crippen LogP contribution is 2.32. The SMILES string of the molecule is CC(=O)NCCCC(=O)c1nc2n(n1)-c1ccc(Cl)cc1C(c1ccccc1F)=NC2.CN(C)CCCC(=O)c1nc2n(n1)-c1ccc(Cl)cc1C(c1ccccc1F)=NC2.CS(=O)(=O)NCCCC(=O)c1nc2n(n1)-c1ccc(Cl)cc1C(c1ccccc1F)=NC2. The summed E-state index contributed by atoms with van der Waals surface area (Å²) in [6, 6.07) is 34.7. The van der Waals surface area contributed by atoms with Gasteiger partial charge in [0.25, 0.3) is 0 Å². The second-order valence-electron chi connectivity index (χ2n) is 21.7. The van der Waals surface area contributed by atoms with Crippen LogP contribution in [0.15, 0.2) is 142 Å². The zero-order valence-electron chi connectivity index (χ0n) is 50.5. The number of halogens is 6. The van der Waals surface area contributed by atoms with Crippen molar-refractivity contribution < 1.29 is 40.8 Å². The first-order valence-electron chi connectivity index (χ1n) is 29.2. The second-order valence-corrected chi connectivity index (χ2v) is 24.9. The molecule has 3 aliphatic heterocycles. The number of carbonyl (C=O) groups is 4. The fourth-order valence-corrected chi connectivity index (χ4v) is 11.2. The average Bonchev–Trinajstić information content (AvgIpc) is 1.68. The van der Waals surface area contributed by atoms with Crippen molar-refractivity contribution in [1.29, 1.82) is 0 Å². The van der Waals surface area contributed by atoms with Gasteiger partial charge in [-0.15, -0.1) is 15.3 Å². The van der Waals surface area contributed by atoms with Gasteiger partial charge in [-0.05, 0) is 131 Å². The Bertz CT molecular complexity index is 4590. The number of Topliss-reactive ketones (excluding diaryl/α,β-unsaturated/α-hetero) is 3. The monoisotopic (exact) mass is 1340 g/mol. The predicted octanol–water partition coefficient (Wildman–Crippen LogP) is 10.4. The molecule has 0 radical (unpaired) electrons. The number of benzene rings is 6. The van der Waals surface area contributed by atoms with Crippen LogP contribution in [0.1, 0.15) is 128 Å². The molecule has 3 aliphatic rings. The van der Waals surface area contributed by atoms with Gasteiger partial charge in [-0.3, -0.25) is 34.2 Å². The summed E-state index contributed by atoms with van der Waals surface area (Å²) >= 11 is 18.7. The van der Waals surface area contributed by atoms with Crippen molar-refractivity contribution in [2.24, 2.45) is 15.0 Å². The number of hydrogen-bond donors (Lipinski definition) is 2. The predicted molar refractivity (Wildman–Crippen MR) is 347 cm³/mol. The molecule has 21 nitrogen and oxygen atoms in total. The maximum Gasteiger partial charge on any atom is 0.218 e. The fourth-order valence-electron chi connectivity index (χ4n) is 10.2. The summed E-state index contributed by atoms with van der Waals surface area (Å²) in [5.74, 6) is -0.246. The minimum Gasteiger partial charge on any atom is -0.356 e. The smallest absolute Gasteiger partial charge is 0.218 e. The number of fused-ring (bicyclic) bond motifs is 9. The molecule has 0 fully saturated rings. The van der Waals surface area contributed by atoms with Crippen molar-refractivity contribution >= 4 is 85.2 Å². The van der Waals surface area contributed by atoms with Gasteiger partial charge in [0.1, 0.15) is 17.5 Å². The van der Waals surface area contributed by atoms with Crippen LogP contribution in [-0.4, -0.2) is 138 Å². The molecule has 28 heteroatoms. The van der Waals surface area contributed by atoms with Gasteiger partial charge in [0.2, 0.25) is 50.8 Å². The number of hydrogen-bond acceptors (Lipinski definition) is 16. The van der Waals surface area contributed by atoms with E-state index in [9.17, 15) is 40.8 Å². The lowest BCUT2D eigenvalue weighted by Gasteiger charge is -2.12. The Labute approximate surface area is 547 Å². The van der Waals surface area contributed by atoms with E-state index in [0.717, 1.165) is 19.2 Å². The average molecular weight is 1340 g/mol. The molecule has 6 heterocycles. The summed E-state index contributed by atoms with van der Waals surface area (Å²) in [4.78, 5) is 77.5. The van der Waals surface area contributed by atoms with Crippen molar-refractivity contribution in [3.63, 3.8) is 0 Å². The van der Waals surface area contributed by atoms with E-state index in [-0.39, 0.29) is 85.6 Å². The summed E-state index contributed by atoms with van der Waals surface area (Å²) in [6.07, 6.45) is 3.27. The second kappa shape index (κ2) is 29.6. The molecule has 0 unspecified atom stereocenters. The number of aromatic nitrogens is 9. The third-order valence-electron chi connectivity index (χ3n) is 14.5. The van der Waals surface area contributed by atoms with Gasteiger partial charge in [0, 0.05) is 87.7 Å². The van der Waals surface area contributed by atoms with Crippen LogP contribution < -0.4 is 10.0 Å². The number of rotatable bonds is 19. The molecule has 93 heavy (non-hydrogen) atoms. The lowest BCUT2D eigenvalue weighted by molar-refractivity contribution is -0.118. The molecule has 1 amide bonds. The van der Waals surface area contributed by atoms with Gasteiger partial charge in [-0.25, -0.2) is 55.3 Å². The molecule has 478 valence electrons. The minimum atomic E-state index is -3.31. The maximum atomic E-state index is 14.5. The van der Waals surface area contributed by atoms with Crippen LogP contribution in [0.5, 0.6) is 0 Å². The molecule has 0 saturated carbocycles. The molecule has 0 bridgehead atoms. The van der Waals surface area contributed by atoms with E-state index in [2.05, 4.69) is 55.3 Å². The first kappa shape index (κ1) is 66.7. The standard InChI is InChI=1S/C22H19ClFN5O2.C22H21ClFN5O.C21H19ClFN5O3S/c1-13(30)25-10-4-7-19(31)22-27-20-12-26-21(15-5-2-3-6-17(15)24)16-11-14(23)8-9-18(16)29(20)28-22;1-28(2)11-5-8-19(30)22-26-20-13-25-21(15-6-3-4-7-17(15)24)16-12-14(23)9-10-18(16)29(20)27-22;1-32(30,31)25-10-4-7-18(29)21-26-19-12-24-20(14-5-2-3-6-16(14)23)15-11-13(22)8-9-17(15)28(19)27-21/h2-3,5-6,8-9,11H,4,7,10,12H2,1H3,(H,25,30);3-4,6-7,9-10,12H,5,8,11,13H2,1-2H3;2-3,5-6,8-9,11,25H,4,7,10,12H2,1H3. The molecule has 0 saturated heterocycles. The number of carbonyl (C=O) groups excluding carboxylic acids is 4. The highest BCUT2D eigenvalue weighted by Gasteiger charge is 2.29. The van der Waals surface area contributed by atoms with Crippen LogP contribution in [0.25, 0.3) is 17.1 Å². The Balaban J connectivity index is 0.000000153. The molecule has 9 aromatic rings. The zero-order chi connectivity index (χ0) is 66.1. The van der Waals surface area contributed by atoms with Crippen molar-refractivity contribution in [2.75, 3.05) is 40.0 Å². The van der Waals surface area contributed by atoms with Crippen LogP contribution in [-0.2, 0) is 34.5 Å². The summed E-state index contributed by atoms with van der Waals surface area (Å²) in [5.41, 5.74) is 6.09. The molecular weight excluding hydrogens is 1280 g/mol. The number of ketones is 3. The third kappa shape index (κ3) is 16.2. The lowest BCUT2D eigenvalue weighted by Crippen LogP contribution is -2.23. The Hall–Kier alpha value is -9.24. The highest BCUT2D eigenvalue weighted by atomic mass is 35.5.